The minimum Gasteiger partial charge on any atom is -0.437 e. The summed E-state index contributed by atoms with van der Waals surface area (Å²) in [6.07, 6.45) is 3.08. The van der Waals surface area contributed by atoms with Gasteiger partial charge in [-0.05, 0) is 17.7 Å². The first-order valence-corrected chi connectivity index (χ1v) is 7.05. The number of hydrogen-bond donors (Lipinski definition) is 0. The Hall–Kier alpha value is -2.88. The lowest BCUT2D eigenvalue weighted by Crippen LogP contribution is -2.24. The van der Waals surface area contributed by atoms with Gasteiger partial charge in [-0.25, -0.2) is 4.98 Å². The molecular weight excluding hydrogens is 276 g/mol. The van der Waals surface area contributed by atoms with Crippen LogP contribution in [0, 0.1) is 0 Å². The van der Waals surface area contributed by atoms with Gasteiger partial charge in [-0.15, -0.1) is 0 Å². The normalized spacial score (nSPS) is 11.1. The van der Waals surface area contributed by atoms with Crippen molar-refractivity contribution in [2.45, 2.75) is 6.54 Å². The molecule has 0 spiro atoms. The van der Waals surface area contributed by atoms with Crippen molar-refractivity contribution in [2.24, 2.45) is 0 Å². The zero-order valence-corrected chi connectivity index (χ0v) is 12.3. The van der Waals surface area contributed by atoms with Gasteiger partial charge < -0.3 is 9.32 Å². The quantitative estimate of drug-likeness (QED) is 0.691. The molecule has 1 heterocycles. The number of amides is 1. The van der Waals surface area contributed by atoms with Gasteiger partial charge in [0.2, 0.25) is 11.8 Å². The van der Waals surface area contributed by atoms with Crippen LogP contribution in [0.15, 0.2) is 65.1 Å². The van der Waals surface area contributed by atoms with Crippen LogP contribution in [0.5, 0.6) is 0 Å². The molecule has 0 saturated carbocycles. The Kier molecular flexibility index (Phi) is 4.01. The maximum Gasteiger partial charge on any atom is 0.246 e. The number of para-hydroxylation sites is 2. The van der Waals surface area contributed by atoms with Crippen molar-refractivity contribution < 1.29 is 9.21 Å². The summed E-state index contributed by atoms with van der Waals surface area (Å²) in [5.74, 6) is 0.341. The molecule has 0 aliphatic heterocycles. The lowest BCUT2D eigenvalue weighted by Gasteiger charge is -2.14. The average Bonchev–Trinajstić information content (AvgIpc) is 2.96. The molecule has 3 aromatic rings. The molecule has 0 bridgehead atoms. The SMILES string of the molecule is CN(Cc1ccccc1)C(=O)C=Cc1nc2ccccc2o1. The van der Waals surface area contributed by atoms with Crippen LogP contribution in [0.1, 0.15) is 11.5 Å². The molecule has 110 valence electrons. The second-order valence-corrected chi connectivity index (χ2v) is 5.03. The third kappa shape index (κ3) is 3.23. The van der Waals surface area contributed by atoms with Gasteiger partial charge in [0.05, 0.1) is 0 Å². The van der Waals surface area contributed by atoms with Crippen LogP contribution in [0.25, 0.3) is 17.2 Å². The number of carbonyl (C=O) groups is 1. The molecular formula is C18H16N2O2. The molecule has 0 N–H and O–H groups in total. The van der Waals surface area contributed by atoms with E-state index in [9.17, 15) is 4.79 Å². The predicted octanol–water partition coefficient (Wildman–Crippen LogP) is 3.50. The van der Waals surface area contributed by atoms with Gasteiger partial charge in [-0.1, -0.05) is 42.5 Å². The topological polar surface area (TPSA) is 46.3 Å². The third-order valence-electron chi connectivity index (χ3n) is 3.32. The maximum atomic E-state index is 12.1. The second-order valence-electron chi connectivity index (χ2n) is 5.03. The first-order valence-electron chi connectivity index (χ1n) is 7.05. The van der Waals surface area contributed by atoms with E-state index >= 15 is 0 Å². The fraction of sp³-hybridized carbons (Fsp3) is 0.111. The first kappa shape index (κ1) is 14.1. The minimum atomic E-state index is -0.0916. The van der Waals surface area contributed by atoms with E-state index in [-0.39, 0.29) is 5.91 Å². The van der Waals surface area contributed by atoms with Crippen LogP contribution < -0.4 is 0 Å². The van der Waals surface area contributed by atoms with Crippen molar-refractivity contribution >= 4 is 23.1 Å². The van der Waals surface area contributed by atoms with Gasteiger partial charge in [0.25, 0.3) is 0 Å². The van der Waals surface area contributed by atoms with Gasteiger partial charge in [0.15, 0.2) is 5.58 Å². The van der Waals surface area contributed by atoms with Crippen molar-refractivity contribution in [1.29, 1.82) is 0 Å². The molecule has 22 heavy (non-hydrogen) atoms. The summed E-state index contributed by atoms with van der Waals surface area (Å²) in [5.41, 5.74) is 2.59. The zero-order chi connectivity index (χ0) is 15.4. The van der Waals surface area contributed by atoms with E-state index in [1.54, 1.807) is 18.0 Å². The molecule has 0 atom stereocenters. The van der Waals surface area contributed by atoms with Crippen LogP contribution in [0.2, 0.25) is 0 Å². The Labute approximate surface area is 128 Å². The van der Waals surface area contributed by atoms with Gasteiger partial charge in [0, 0.05) is 25.7 Å². The van der Waals surface area contributed by atoms with Gasteiger partial charge in [-0.3, -0.25) is 4.79 Å². The van der Waals surface area contributed by atoms with Crippen molar-refractivity contribution in [3.63, 3.8) is 0 Å². The van der Waals surface area contributed by atoms with E-state index in [1.807, 2.05) is 54.6 Å². The largest absolute Gasteiger partial charge is 0.437 e. The molecule has 0 radical (unpaired) electrons. The van der Waals surface area contributed by atoms with Crippen LogP contribution in [0.3, 0.4) is 0 Å². The molecule has 0 fully saturated rings. The smallest absolute Gasteiger partial charge is 0.246 e. The number of likely N-dealkylation sites (N-methyl/N-ethyl adjacent to an activating group) is 1. The maximum absolute atomic E-state index is 12.1. The van der Waals surface area contributed by atoms with Crippen molar-refractivity contribution in [2.75, 3.05) is 7.05 Å². The molecule has 0 saturated heterocycles. The molecule has 4 heteroatoms. The molecule has 2 aromatic carbocycles. The van der Waals surface area contributed by atoms with E-state index in [0.717, 1.165) is 11.1 Å². The molecule has 1 aromatic heterocycles. The Morgan fingerprint density at radius 2 is 1.86 bits per heavy atom. The Morgan fingerprint density at radius 1 is 1.14 bits per heavy atom. The third-order valence-corrected chi connectivity index (χ3v) is 3.32. The molecule has 0 aliphatic rings. The van der Waals surface area contributed by atoms with E-state index in [1.165, 1.54) is 6.08 Å². The minimum absolute atomic E-state index is 0.0916. The molecule has 0 aliphatic carbocycles. The predicted molar refractivity (Wildman–Crippen MR) is 86.0 cm³/mol. The number of aromatic nitrogens is 1. The van der Waals surface area contributed by atoms with Crippen molar-refractivity contribution in [1.82, 2.24) is 9.88 Å². The van der Waals surface area contributed by atoms with E-state index in [0.29, 0.717) is 18.0 Å². The molecule has 3 rings (SSSR count). The fourth-order valence-electron chi connectivity index (χ4n) is 2.17. The number of rotatable bonds is 4. The number of fused-ring (bicyclic) bond motifs is 1. The molecule has 0 unspecified atom stereocenters. The molecule has 1 amide bonds. The average molecular weight is 292 g/mol. The number of benzene rings is 2. The lowest BCUT2D eigenvalue weighted by molar-refractivity contribution is -0.125. The number of oxazole rings is 1. The highest BCUT2D eigenvalue weighted by atomic mass is 16.3. The van der Waals surface area contributed by atoms with Gasteiger partial charge in [0.1, 0.15) is 5.52 Å². The summed E-state index contributed by atoms with van der Waals surface area (Å²) in [6, 6.07) is 17.4. The van der Waals surface area contributed by atoms with Gasteiger partial charge in [-0.2, -0.15) is 0 Å². The summed E-state index contributed by atoms with van der Waals surface area (Å²) < 4.78 is 5.55. The monoisotopic (exact) mass is 292 g/mol. The Bertz CT molecular complexity index is 773. The van der Waals surface area contributed by atoms with E-state index in [4.69, 9.17) is 4.42 Å². The zero-order valence-electron chi connectivity index (χ0n) is 12.3. The van der Waals surface area contributed by atoms with Crippen LogP contribution in [0.4, 0.5) is 0 Å². The Morgan fingerprint density at radius 3 is 2.64 bits per heavy atom. The van der Waals surface area contributed by atoms with E-state index in [2.05, 4.69) is 4.98 Å². The summed E-state index contributed by atoms with van der Waals surface area (Å²) in [6.45, 7) is 0.567. The van der Waals surface area contributed by atoms with Crippen LogP contribution in [-0.4, -0.2) is 22.8 Å². The summed E-state index contributed by atoms with van der Waals surface area (Å²) in [4.78, 5) is 18.1. The first-order chi connectivity index (χ1) is 10.7. The van der Waals surface area contributed by atoms with Crippen molar-refractivity contribution in [3.05, 3.63) is 72.1 Å². The highest BCUT2D eigenvalue weighted by Crippen LogP contribution is 2.15. The lowest BCUT2D eigenvalue weighted by atomic mass is 10.2. The van der Waals surface area contributed by atoms with Crippen LogP contribution >= 0.6 is 0 Å². The summed E-state index contributed by atoms with van der Waals surface area (Å²) in [7, 11) is 1.77. The number of nitrogens with zero attached hydrogens (tertiary/aromatic N) is 2. The number of carbonyl (C=O) groups excluding carboxylic acids is 1. The molecule has 4 nitrogen and oxygen atoms in total. The standard InChI is InChI=1S/C18H16N2O2/c1-20(13-14-7-3-2-4-8-14)18(21)12-11-17-19-15-9-5-6-10-16(15)22-17/h2-12H,13H2,1H3. The van der Waals surface area contributed by atoms with E-state index < -0.39 is 0 Å². The summed E-state index contributed by atoms with van der Waals surface area (Å²) >= 11 is 0. The van der Waals surface area contributed by atoms with Gasteiger partial charge >= 0.3 is 0 Å². The highest BCUT2D eigenvalue weighted by Gasteiger charge is 2.07. The number of hydrogen-bond acceptors (Lipinski definition) is 3. The fourth-order valence-corrected chi connectivity index (χ4v) is 2.17. The second kappa shape index (κ2) is 6.26. The Balaban J connectivity index is 1.67. The van der Waals surface area contributed by atoms with Crippen LogP contribution in [-0.2, 0) is 11.3 Å². The van der Waals surface area contributed by atoms with Crippen molar-refractivity contribution in [3.8, 4) is 0 Å². The highest BCUT2D eigenvalue weighted by molar-refractivity contribution is 5.91. The summed E-state index contributed by atoms with van der Waals surface area (Å²) in [5, 5.41) is 0.